The zero-order valence-corrected chi connectivity index (χ0v) is 10.2. The van der Waals surface area contributed by atoms with Crippen molar-refractivity contribution >= 4 is 11.9 Å². The van der Waals surface area contributed by atoms with Crippen LogP contribution in [0.25, 0.3) is 0 Å². The minimum absolute atomic E-state index is 0.180. The third-order valence-electron chi connectivity index (χ3n) is 3.23. The smallest absolute Gasteiger partial charge is 0.307 e. The van der Waals surface area contributed by atoms with Crippen LogP contribution >= 0.6 is 0 Å². The highest BCUT2D eigenvalue weighted by Gasteiger charge is 2.65. The quantitative estimate of drug-likeness (QED) is 0.515. The van der Waals surface area contributed by atoms with Crippen molar-refractivity contribution in [3.63, 3.8) is 0 Å². The summed E-state index contributed by atoms with van der Waals surface area (Å²) in [5.74, 6) is -2.06. The maximum absolute atomic E-state index is 11.7. The number of hydrogen-bond donors (Lipinski definition) is 2. The molecule has 1 amide bonds. The second-order valence-electron chi connectivity index (χ2n) is 4.80. The molecule has 2 unspecified atom stereocenters. The van der Waals surface area contributed by atoms with E-state index in [1.807, 2.05) is 0 Å². The molecule has 0 heterocycles. The molecular formula is C12H19NO4. The van der Waals surface area contributed by atoms with Gasteiger partial charge in [-0.3, -0.25) is 9.59 Å². The third-order valence-corrected chi connectivity index (χ3v) is 3.23. The summed E-state index contributed by atoms with van der Waals surface area (Å²) >= 11 is 0. The number of aliphatic carboxylic acids is 1. The molecule has 0 aliphatic heterocycles. The largest absolute Gasteiger partial charge is 0.502 e. The summed E-state index contributed by atoms with van der Waals surface area (Å²) in [6.07, 6.45) is 2.04. The summed E-state index contributed by atoms with van der Waals surface area (Å²) in [4.78, 5) is 22.6. The summed E-state index contributed by atoms with van der Waals surface area (Å²) in [6, 6.07) is 0. The van der Waals surface area contributed by atoms with E-state index >= 15 is 0 Å². The Balaban J connectivity index is 2.30. The Bertz CT molecular complexity index is 324. The molecule has 1 saturated carbocycles. The minimum atomic E-state index is -0.898. The Morgan fingerprint density at radius 3 is 2.59 bits per heavy atom. The molecule has 0 saturated heterocycles. The Hall–Kier alpha value is -1.52. The monoisotopic (exact) mass is 241 g/mol. The number of hydrogen-bond acceptors (Lipinski definition) is 3. The van der Waals surface area contributed by atoms with E-state index < -0.39 is 23.2 Å². The standard InChI is InChI=1S/C12H19NO4/c1-4-17-7-5-6-13-10(14)8-9(11(15)16)12(8,2)3/h4,8-9H,1,5-7H2,2-3H3,(H,13,14)(H,15,16). The van der Waals surface area contributed by atoms with E-state index in [1.54, 1.807) is 13.8 Å². The van der Waals surface area contributed by atoms with Crippen LogP contribution < -0.4 is 5.32 Å². The van der Waals surface area contributed by atoms with Crippen molar-refractivity contribution in [2.45, 2.75) is 20.3 Å². The number of nitrogens with one attached hydrogen (secondary N) is 1. The van der Waals surface area contributed by atoms with Gasteiger partial charge in [-0.05, 0) is 11.8 Å². The molecule has 1 fully saturated rings. The molecule has 96 valence electrons. The summed E-state index contributed by atoms with van der Waals surface area (Å²) in [7, 11) is 0. The van der Waals surface area contributed by atoms with Crippen LogP contribution in [0.2, 0.25) is 0 Å². The lowest BCUT2D eigenvalue weighted by atomic mass is 10.1. The van der Waals surface area contributed by atoms with E-state index in [2.05, 4.69) is 11.9 Å². The van der Waals surface area contributed by atoms with Crippen LogP contribution in [-0.4, -0.2) is 30.1 Å². The van der Waals surface area contributed by atoms with Crippen molar-refractivity contribution < 1.29 is 19.4 Å². The van der Waals surface area contributed by atoms with E-state index in [0.29, 0.717) is 19.6 Å². The van der Waals surface area contributed by atoms with Gasteiger partial charge in [0, 0.05) is 6.54 Å². The van der Waals surface area contributed by atoms with Crippen molar-refractivity contribution in [3.8, 4) is 0 Å². The SMILES string of the molecule is C=COCCCNC(=O)C1C(C(=O)O)C1(C)C. The van der Waals surface area contributed by atoms with E-state index in [9.17, 15) is 9.59 Å². The Morgan fingerprint density at radius 2 is 2.12 bits per heavy atom. The lowest BCUT2D eigenvalue weighted by Gasteiger charge is -2.05. The second kappa shape index (κ2) is 5.21. The summed E-state index contributed by atoms with van der Waals surface area (Å²) in [5, 5.41) is 11.7. The maximum atomic E-state index is 11.7. The predicted molar refractivity (Wildman–Crippen MR) is 62.2 cm³/mol. The third kappa shape index (κ3) is 2.99. The van der Waals surface area contributed by atoms with E-state index in [1.165, 1.54) is 6.26 Å². The fraction of sp³-hybridized carbons (Fsp3) is 0.667. The van der Waals surface area contributed by atoms with Crippen molar-refractivity contribution in [1.29, 1.82) is 0 Å². The Kier molecular flexibility index (Phi) is 4.15. The van der Waals surface area contributed by atoms with Crippen LogP contribution in [0.4, 0.5) is 0 Å². The molecular weight excluding hydrogens is 222 g/mol. The normalized spacial score (nSPS) is 24.8. The molecule has 0 aromatic carbocycles. The van der Waals surface area contributed by atoms with Crippen LogP contribution in [0, 0.1) is 17.3 Å². The minimum Gasteiger partial charge on any atom is -0.502 e. The second-order valence-corrected chi connectivity index (χ2v) is 4.80. The topological polar surface area (TPSA) is 75.6 Å². The Morgan fingerprint density at radius 1 is 1.47 bits per heavy atom. The highest BCUT2D eigenvalue weighted by atomic mass is 16.5. The average molecular weight is 241 g/mol. The van der Waals surface area contributed by atoms with E-state index in [0.717, 1.165) is 0 Å². The summed E-state index contributed by atoms with van der Waals surface area (Å²) in [6.45, 7) is 8.00. The molecule has 5 heteroatoms. The van der Waals surface area contributed by atoms with Crippen LogP contribution in [0.5, 0.6) is 0 Å². The molecule has 0 spiro atoms. The number of carboxylic acid groups (broad SMARTS) is 1. The first-order valence-corrected chi connectivity index (χ1v) is 5.66. The molecule has 17 heavy (non-hydrogen) atoms. The highest BCUT2D eigenvalue weighted by Crippen LogP contribution is 2.58. The molecule has 0 radical (unpaired) electrons. The zero-order chi connectivity index (χ0) is 13.1. The number of ether oxygens (including phenoxy) is 1. The van der Waals surface area contributed by atoms with Crippen molar-refractivity contribution in [2.75, 3.05) is 13.2 Å². The van der Waals surface area contributed by atoms with Gasteiger partial charge in [-0.25, -0.2) is 0 Å². The molecule has 0 bridgehead atoms. The fourth-order valence-electron chi connectivity index (χ4n) is 2.15. The molecule has 5 nitrogen and oxygen atoms in total. The van der Waals surface area contributed by atoms with Gasteiger partial charge in [-0.1, -0.05) is 20.4 Å². The average Bonchev–Trinajstić information content (AvgIpc) is 2.81. The number of rotatable bonds is 7. The van der Waals surface area contributed by atoms with Crippen molar-refractivity contribution in [2.24, 2.45) is 17.3 Å². The lowest BCUT2D eigenvalue weighted by Crippen LogP contribution is -2.28. The van der Waals surface area contributed by atoms with Crippen molar-refractivity contribution in [3.05, 3.63) is 12.8 Å². The van der Waals surface area contributed by atoms with Gasteiger partial charge in [0.15, 0.2) is 0 Å². The summed E-state index contributed by atoms with van der Waals surface area (Å²) < 4.78 is 4.91. The zero-order valence-electron chi connectivity index (χ0n) is 10.2. The number of amides is 1. The van der Waals surface area contributed by atoms with Gasteiger partial charge in [-0.2, -0.15) is 0 Å². The van der Waals surface area contributed by atoms with Gasteiger partial charge < -0.3 is 15.2 Å². The molecule has 1 aliphatic rings. The van der Waals surface area contributed by atoms with E-state index in [4.69, 9.17) is 9.84 Å². The van der Waals surface area contributed by atoms with Crippen molar-refractivity contribution in [1.82, 2.24) is 5.32 Å². The van der Waals surface area contributed by atoms with Gasteiger partial charge in [0.25, 0.3) is 0 Å². The molecule has 0 aromatic rings. The molecule has 0 aromatic heterocycles. The summed E-state index contributed by atoms with van der Waals surface area (Å²) in [5.41, 5.74) is -0.437. The van der Waals surface area contributed by atoms with Gasteiger partial charge >= 0.3 is 5.97 Å². The Labute approximate surface area is 101 Å². The van der Waals surface area contributed by atoms with Crippen LogP contribution in [-0.2, 0) is 14.3 Å². The van der Waals surface area contributed by atoms with Crippen LogP contribution in [0.3, 0.4) is 0 Å². The van der Waals surface area contributed by atoms with E-state index in [-0.39, 0.29) is 5.91 Å². The van der Waals surface area contributed by atoms with Gasteiger partial charge in [-0.15, -0.1) is 0 Å². The maximum Gasteiger partial charge on any atom is 0.307 e. The van der Waals surface area contributed by atoms with Gasteiger partial charge in [0.05, 0.1) is 24.7 Å². The van der Waals surface area contributed by atoms with Crippen LogP contribution in [0.15, 0.2) is 12.8 Å². The lowest BCUT2D eigenvalue weighted by molar-refractivity contribution is -0.140. The predicted octanol–water partition coefficient (Wildman–Crippen LogP) is 1.01. The number of carboxylic acids is 1. The van der Waals surface area contributed by atoms with Gasteiger partial charge in [0.1, 0.15) is 0 Å². The molecule has 2 N–H and O–H groups in total. The number of carbonyl (C=O) groups is 2. The van der Waals surface area contributed by atoms with Crippen LogP contribution in [0.1, 0.15) is 20.3 Å². The molecule has 1 aliphatic carbocycles. The first-order valence-electron chi connectivity index (χ1n) is 5.66. The number of carbonyl (C=O) groups excluding carboxylic acids is 1. The molecule has 2 atom stereocenters. The van der Waals surface area contributed by atoms with Gasteiger partial charge in [0.2, 0.25) is 5.91 Å². The fourth-order valence-corrected chi connectivity index (χ4v) is 2.15. The molecule has 1 rings (SSSR count). The first-order chi connectivity index (χ1) is 7.92. The highest BCUT2D eigenvalue weighted by molar-refractivity contribution is 5.91. The first kappa shape index (κ1) is 13.5.